The van der Waals surface area contributed by atoms with Crippen LogP contribution >= 0.6 is 0 Å². The zero-order valence-corrected chi connectivity index (χ0v) is 13.6. The van der Waals surface area contributed by atoms with Gasteiger partial charge in [-0.2, -0.15) is 0 Å². The maximum absolute atomic E-state index is 11.3. The summed E-state index contributed by atoms with van der Waals surface area (Å²) >= 11 is 0. The molecule has 0 bridgehead atoms. The molecule has 0 fully saturated rings. The van der Waals surface area contributed by atoms with Gasteiger partial charge in [-0.3, -0.25) is 9.59 Å². The second-order valence-corrected chi connectivity index (χ2v) is 5.14. The van der Waals surface area contributed by atoms with E-state index in [-0.39, 0.29) is 11.5 Å². The van der Waals surface area contributed by atoms with E-state index >= 15 is 0 Å². The number of H-pyrrole nitrogens is 1. The van der Waals surface area contributed by atoms with Crippen LogP contribution in [0.25, 0.3) is 11.2 Å². The molecule has 0 saturated carbocycles. The van der Waals surface area contributed by atoms with Gasteiger partial charge in [0.25, 0.3) is 0 Å². The number of nitrogens with zero attached hydrogens (tertiary/aromatic N) is 3. The van der Waals surface area contributed by atoms with Gasteiger partial charge >= 0.3 is 11.9 Å². The Morgan fingerprint density at radius 1 is 1.08 bits per heavy atom. The maximum atomic E-state index is 11.3. The molecule has 2 N–H and O–H groups in total. The lowest BCUT2D eigenvalue weighted by atomic mass is 10.2. The molecule has 0 radical (unpaired) electrons. The third-order valence-corrected chi connectivity index (χ3v) is 3.19. The van der Waals surface area contributed by atoms with Crippen molar-refractivity contribution in [3.05, 3.63) is 36.4 Å². The van der Waals surface area contributed by atoms with Gasteiger partial charge in [0.15, 0.2) is 23.0 Å². The number of esters is 2. The van der Waals surface area contributed by atoms with Crippen LogP contribution in [0.15, 0.2) is 30.9 Å². The van der Waals surface area contributed by atoms with E-state index in [2.05, 4.69) is 25.3 Å². The Labute approximate surface area is 142 Å². The molecule has 0 spiro atoms. The smallest absolute Gasteiger partial charge is 0.308 e. The molecule has 0 unspecified atom stereocenters. The Hall–Kier alpha value is -3.49. The fraction of sp³-hybridized carbons (Fsp3) is 0.188. The number of carbonyl (C=O) groups excluding carboxylic acids is 2. The van der Waals surface area contributed by atoms with E-state index < -0.39 is 11.9 Å². The summed E-state index contributed by atoms with van der Waals surface area (Å²) < 4.78 is 10.1. The van der Waals surface area contributed by atoms with Crippen molar-refractivity contribution in [2.24, 2.45) is 0 Å². The first-order chi connectivity index (χ1) is 12.0. The summed E-state index contributed by atoms with van der Waals surface area (Å²) in [7, 11) is 0. The molecular weight excluding hydrogens is 326 g/mol. The third-order valence-electron chi connectivity index (χ3n) is 3.19. The summed E-state index contributed by atoms with van der Waals surface area (Å²) in [5.41, 5.74) is 2.05. The Morgan fingerprint density at radius 3 is 2.60 bits per heavy atom. The van der Waals surface area contributed by atoms with Crippen molar-refractivity contribution in [3.63, 3.8) is 0 Å². The number of aromatic nitrogens is 4. The van der Waals surface area contributed by atoms with Crippen molar-refractivity contribution in [2.75, 3.05) is 5.32 Å². The SMILES string of the molecule is CC(=O)Oc1ccc(CNc2ncnc3[nH]cnc23)cc1OC(C)=O. The van der Waals surface area contributed by atoms with Crippen LogP contribution < -0.4 is 14.8 Å². The first-order valence-electron chi connectivity index (χ1n) is 7.40. The highest BCUT2D eigenvalue weighted by molar-refractivity contribution is 5.82. The molecule has 0 aliphatic rings. The number of imidazole rings is 1. The summed E-state index contributed by atoms with van der Waals surface area (Å²) in [6, 6.07) is 4.94. The Morgan fingerprint density at radius 2 is 1.84 bits per heavy atom. The largest absolute Gasteiger partial charge is 0.423 e. The number of fused-ring (bicyclic) bond motifs is 1. The molecular formula is C16H15N5O4. The lowest BCUT2D eigenvalue weighted by Crippen LogP contribution is -2.08. The summed E-state index contributed by atoms with van der Waals surface area (Å²) in [6.07, 6.45) is 2.97. The number of hydrogen-bond donors (Lipinski definition) is 2. The monoisotopic (exact) mass is 341 g/mol. The number of nitrogens with one attached hydrogen (secondary N) is 2. The number of carbonyl (C=O) groups is 2. The predicted octanol–water partition coefficient (Wildman–Crippen LogP) is 1.82. The molecule has 9 nitrogen and oxygen atoms in total. The minimum absolute atomic E-state index is 0.176. The van der Waals surface area contributed by atoms with Crippen LogP contribution in [0.2, 0.25) is 0 Å². The Bertz CT molecular complexity index is 937. The van der Waals surface area contributed by atoms with Crippen LogP contribution in [0.3, 0.4) is 0 Å². The van der Waals surface area contributed by atoms with Crippen LogP contribution in [0.1, 0.15) is 19.4 Å². The van der Waals surface area contributed by atoms with Crippen LogP contribution in [-0.2, 0) is 16.1 Å². The third kappa shape index (κ3) is 3.89. The quantitative estimate of drug-likeness (QED) is 0.533. The Balaban J connectivity index is 1.81. The van der Waals surface area contributed by atoms with Gasteiger partial charge in [0, 0.05) is 20.4 Å². The number of rotatable bonds is 5. The number of aromatic amines is 1. The number of ether oxygens (including phenoxy) is 2. The average Bonchev–Trinajstić information content (AvgIpc) is 3.03. The average molecular weight is 341 g/mol. The molecule has 0 amide bonds. The van der Waals surface area contributed by atoms with Crippen LogP contribution in [0, 0.1) is 0 Å². The van der Waals surface area contributed by atoms with Crippen molar-refractivity contribution in [1.82, 2.24) is 19.9 Å². The van der Waals surface area contributed by atoms with E-state index in [0.29, 0.717) is 23.5 Å². The highest BCUT2D eigenvalue weighted by Gasteiger charge is 2.12. The molecule has 2 heterocycles. The summed E-state index contributed by atoms with van der Waals surface area (Å²) in [5, 5.41) is 3.15. The van der Waals surface area contributed by atoms with E-state index in [1.807, 2.05) is 0 Å². The molecule has 2 aromatic heterocycles. The van der Waals surface area contributed by atoms with Crippen LogP contribution in [-0.4, -0.2) is 31.9 Å². The van der Waals surface area contributed by atoms with Gasteiger partial charge in [-0.05, 0) is 17.7 Å². The zero-order chi connectivity index (χ0) is 17.8. The molecule has 0 atom stereocenters. The topological polar surface area (TPSA) is 119 Å². The molecule has 0 aliphatic heterocycles. The summed E-state index contributed by atoms with van der Waals surface area (Å²) in [6.45, 7) is 2.95. The maximum Gasteiger partial charge on any atom is 0.308 e. The molecule has 9 heteroatoms. The van der Waals surface area contributed by atoms with Gasteiger partial charge < -0.3 is 19.8 Å². The van der Waals surface area contributed by atoms with Gasteiger partial charge in [0.1, 0.15) is 11.8 Å². The first kappa shape index (κ1) is 16.4. The standard InChI is InChI=1S/C16H15N5O4/c1-9(22)24-12-4-3-11(5-13(12)25-10(2)23)6-17-15-14-16(19-7-18-14)21-8-20-15/h3-5,7-8H,6H2,1-2H3,(H2,17,18,19,20,21). The van der Waals surface area contributed by atoms with Crippen molar-refractivity contribution in [1.29, 1.82) is 0 Å². The van der Waals surface area contributed by atoms with E-state index in [1.165, 1.54) is 26.5 Å². The Kier molecular flexibility index (Phi) is 4.55. The second kappa shape index (κ2) is 6.95. The molecule has 128 valence electrons. The number of hydrogen-bond acceptors (Lipinski definition) is 8. The molecule has 3 aromatic rings. The zero-order valence-electron chi connectivity index (χ0n) is 13.6. The van der Waals surface area contributed by atoms with Crippen LogP contribution in [0.4, 0.5) is 5.82 Å². The fourth-order valence-corrected chi connectivity index (χ4v) is 2.22. The van der Waals surface area contributed by atoms with Crippen LogP contribution in [0.5, 0.6) is 11.5 Å². The number of anilines is 1. The lowest BCUT2D eigenvalue weighted by molar-refractivity contribution is -0.134. The van der Waals surface area contributed by atoms with Crippen molar-refractivity contribution in [2.45, 2.75) is 20.4 Å². The van der Waals surface area contributed by atoms with E-state index in [9.17, 15) is 9.59 Å². The van der Waals surface area contributed by atoms with Crippen molar-refractivity contribution >= 4 is 28.9 Å². The predicted molar refractivity (Wildman–Crippen MR) is 88.1 cm³/mol. The summed E-state index contributed by atoms with van der Waals surface area (Å²) in [5.74, 6) is -0.0733. The molecule has 0 saturated heterocycles. The van der Waals surface area contributed by atoms with Gasteiger partial charge in [-0.1, -0.05) is 6.07 Å². The minimum atomic E-state index is -0.507. The van der Waals surface area contributed by atoms with Gasteiger partial charge in [0.05, 0.1) is 6.33 Å². The molecule has 0 aliphatic carbocycles. The van der Waals surface area contributed by atoms with Gasteiger partial charge in [-0.15, -0.1) is 0 Å². The normalized spacial score (nSPS) is 10.5. The molecule has 1 aromatic carbocycles. The second-order valence-electron chi connectivity index (χ2n) is 5.14. The summed E-state index contributed by atoms with van der Waals surface area (Å²) in [4.78, 5) is 37.7. The van der Waals surface area contributed by atoms with Gasteiger partial charge in [-0.25, -0.2) is 15.0 Å². The van der Waals surface area contributed by atoms with E-state index in [4.69, 9.17) is 9.47 Å². The van der Waals surface area contributed by atoms with Crippen molar-refractivity contribution < 1.29 is 19.1 Å². The minimum Gasteiger partial charge on any atom is -0.423 e. The number of benzene rings is 1. The highest BCUT2D eigenvalue weighted by atomic mass is 16.6. The molecule has 25 heavy (non-hydrogen) atoms. The lowest BCUT2D eigenvalue weighted by Gasteiger charge is -2.11. The van der Waals surface area contributed by atoms with Gasteiger partial charge in [0.2, 0.25) is 0 Å². The van der Waals surface area contributed by atoms with E-state index in [0.717, 1.165) is 5.56 Å². The fourth-order valence-electron chi connectivity index (χ4n) is 2.22. The van der Waals surface area contributed by atoms with E-state index in [1.54, 1.807) is 18.2 Å². The molecule has 3 rings (SSSR count). The first-order valence-corrected chi connectivity index (χ1v) is 7.40. The van der Waals surface area contributed by atoms with Crippen molar-refractivity contribution in [3.8, 4) is 11.5 Å². The highest BCUT2D eigenvalue weighted by Crippen LogP contribution is 2.29.